The van der Waals surface area contributed by atoms with Crippen molar-refractivity contribution in [1.29, 1.82) is 0 Å². The Morgan fingerprint density at radius 3 is 2.71 bits per heavy atom. The zero-order chi connectivity index (χ0) is 5.54. The van der Waals surface area contributed by atoms with Crippen LogP contribution in [0.15, 0.2) is 11.8 Å². The molecule has 0 fully saturated rings. The predicted molar refractivity (Wildman–Crippen MR) is 31.7 cm³/mol. The molecule has 0 atom stereocenters. The first-order valence-corrected chi connectivity index (χ1v) is 2.81. The van der Waals surface area contributed by atoms with Crippen LogP contribution >= 0.6 is 23.2 Å². The van der Waals surface area contributed by atoms with E-state index < -0.39 is 0 Å². The molecular formula is C4H6Cl2O. The van der Waals surface area contributed by atoms with Gasteiger partial charge in [0.2, 0.25) is 0 Å². The fourth-order valence-electron chi connectivity index (χ4n) is 0.149. The fraction of sp³-hybridized carbons (Fsp3) is 0.500. The summed E-state index contributed by atoms with van der Waals surface area (Å²) in [5, 5.41) is 0. The second-order valence-electron chi connectivity index (χ2n) is 0.822. The van der Waals surface area contributed by atoms with Crippen LogP contribution in [0.5, 0.6) is 0 Å². The Hall–Kier alpha value is 0.120. The minimum Gasteiger partial charge on any atom is -0.499 e. The SMILES string of the molecule is Cl/C=C\OCCCl. The molecule has 0 aliphatic carbocycles. The van der Waals surface area contributed by atoms with Gasteiger partial charge < -0.3 is 4.74 Å². The molecule has 0 aromatic rings. The molecule has 0 aromatic carbocycles. The maximum atomic E-state index is 5.24. The van der Waals surface area contributed by atoms with Gasteiger partial charge in [-0.3, -0.25) is 0 Å². The standard InChI is InChI=1S/C4H6Cl2O/c5-1-3-7-4-2-6/h1,3H,2,4H2/b3-1-. The van der Waals surface area contributed by atoms with E-state index in [0.717, 1.165) is 0 Å². The Morgan fingerprint density at radius 2 is 2.29 bits per heavy atom. The highest BCUT2D eigenvalue weighted by atomic mass is 35.5. The molecule has 0 heterocycles. The molecule has 0 unspecified atom stereocenters. The van der Waals surface area contributed by atoms with Gasteiger partial charge in [0.1, 0.15) is 6.61 Å². The van der Waals surface area contributed by atoms with Crippen LogP contribution in [0.1, 0.15) is 0 Å². The highest BCUT2D eigenvalue weighted by Gasteiger charge is 1.72. The van der Waals surface area contributed by atoms with Crippen molar-refractivity contribution in [1.82, 2.24) is 0 Å². The third kappa shape index (κ3) is 6.12. The van der Waals surface area contributed by atoms with Crippen molar-refractivity contribution in [3.05, 3.63) is 11.8 Å². The minimum absolute atomic E-state index is 0.501. The van der Waals surface area contributed by atoms with Gasteiger partial charge in [0.15, 0.2) is 0 Å². The Kier molecular flexibility index (Phi) is 6.22. The Labute approximate surface area is 52.9 Å². The molecule has 7 heavy (non-hydrogen) atoms. The van der Waals surface area contributed by atoms with Gasteiger partial charge in [-0.15, -0.1) is 11.6 Å². The van der Waals surface area contributed by atoms with Crippen molar-refractivity contribution in [3.8, 4) is 0 Å². The van der Waals surface area contributed by atoms with E-state index in [9.17, 15) is 0 Å². The second-order valence-corrected chi connectivity index (χ2v) is 1.45. The average Bonchev–Trinajstić information content (AvgIpc) is 1.69. The van der Waals surface area contributed by atoms with Crippen molar-refractivity contribution < 1.29 is 4.74 Å². The summed E-state index contributed by atoms with van der Waals surface area (Å²) in [4.78, 5) is 0. The van der Waals surface area contributed by atoms with Gasteiger partial charge in [-0.05, 0) is 0 Å². The zero-order valence-electron chi connectivity index (χ0n) is 3.73. The largest absolute Gasteiger partial charge is 0.499 e. The van der Waals surface area contributed by atoms with Crippen LogP contribution in [-0.2, 0) is 4.74 Å². The number of ether oxygens (including phenoxy) is 1. The third-order valence-corrected chi connectivity index (χ3v) is 0.600. The molecule has 0 aromatic heterocycles. The smallest absolute Gasteiger partial charge is 0.101 e. The Morgan fingerprint density at radius 1 is 1.57 bits per heavy atom. The molecular weight excluding hydrogens is 135 g/mol. The molecule has 0 saturated heterocycles. The molecule has 0 bridgehead atoms. The topological polar surface area (TPSA) is 9.23 Å². The lowest BCUT2D eigenvalue weighted by Crippen LogP contribution is -1.85. The van der Waals surface area contributed by atoms with E-state index in [2.05, 4.69) is 4.74 Å². The molecule has 0 aliphatic heterocycles. The van der Waals surface area contributed by atoms with Crippen molar-refractivity contribution in [3.63, 3.8) is 0 Å². The molecule has 1 nitrogen and oxygen atoms in total. The number of halogens is 2. The highest BCUT2D eigenvalue weighted by Crippen LogP contribution is 1.82. The second kappa shape index (κ2) is 6.12. The summed E-state index contributed by atoms with van der Waals surface area (Å²) in [5.74, 6) is 0.501. The van der Waals surface area contributed by atoms with Crippen molar-refractivity contribution in [2.45, 2.75) is 0 Å². The maximum absolute atomic E-state index is 5.24. The van der Waals surface area contributed by atoms with E-state index in [4.69, 9.17) is 23.2 Å². The van der Waals surface area contributed by atoms with E-state index in [0.29, 0.717) is 12.5 Å². The average molecular weight is 141 g/mol. The normalized spacial score (nSPS) is 10.0. The van der Waals surface area contributed by atoms with E-state index in [1.54, 1.807) is 0 Å². The monoisotopic (exact) mass is 140 g/mol. The summed E-state index contributed by atoms with van der Waals surface area (Å²) in [6.45, 7) is 0.519. The van der Waals surface area contributed by atoms with Gasteiger partial charge in [0.25, 0.3) is 0 Å². The molecule has 0 radical (unpaired) electrons. The van der Waals surface area contributed by atoms with Gasteiger partial charge in [0.05, 0.1) is 12.1 Å². The first kappa shape index (κ1) is 7.12. The van der Waals surface area contributed by atoms with E-state index in [1.807, 2.05) is 0 Å². The van der Waals surface area contributed by atoms with Crippen LogP contribution in [0.4, 0.5) is 0 Å². The molecule has 42 valence electrons. The minimum atomic E-state index is 0.501. The Bertz CT molecular complexity index is 53.7. The summed E-state index contributed by atoms with van der Waals surface area (Å²) in [5.41, 5.74) is 1.30. The van der Waals surface area contributed by atoms with Gasteiger partial charge in [-0.1, -0.05) is 11.6 Å². The number of rotatable bonds is 3. The number of alkyl halides is 1. The zero-order valence-corrected chi connectivity index (χ0v) is 5.24. The highest BCUT2D eigenvalue weighted by molar-refractivity contribution is 6.25. The van der Waals surface area contributed by atoms with Gasteiger partial charge >= 0.3 is 0 Å². The summed E-state index contributed by atoms with van der Waals surface area (Å²) >= 11 is 10.3. The van der Waals surface area contributed by atoms with Crippen molar-refractivity contribution in [2.75, 3.05) is 12.5 Å². The summed E-state index contributed by atoms with van der Waals surface area (Å²) in [6, 6.07) is 0. The van der Waals surface area contributed by atoms with E-state index in [1.165, 1.54) is 11.8 Å². The van der Waals surface area contributed by atoms with Crippen molar-refractivity contribution >= 4 is 23.2 Å². The molecule has 3 heteroatoms. The van der Waals surface area contributed by atoms with Crippen LogP contribution in [0.2, 0.25) is 0 Å². The lowest BCUT2D eigenvalue weighted by molar-refractivity contribution is 0.272. The van der Waals surface area contributed by atoms with Gasteiger partial charge in [-0.25, -0.2) is 0 Å². The number of hydrogen-bond donors (Lipinski definition) is 0. The lowest BCUT2D eigenvalue weighted by atomic mass is 10.9. The Balaban J connectivity index is 2.69. The molecule has 0 saturated carbocycles. The first-order valence-electron chi connectivity index (χ1n) is 1.84. The van der Waals surface area contributed by atoms with Crippen LogP contribution in [0.3, 0.4) is 0 Å². The molecule has 0 rings (SSSR count). The first-order chi connectivity index (χ1) is 3.41. The maximum Gasteiger partial charge on any atom is 0.101 e. The fourth-order valence-corrected chi connectivity index (χ4v) is 0.311. The van der Waals surface area contributed by atoms with Crippen LogP contribution in [0, 0.1) is 0 Å². The van der Waals surface area contributed by atoms with Gasteiger partial charge in [0, 0.05) is 5.54 Å². The van der Waals surface area contributed by atoms with Crippen LogP contribution < -0.4 is 0 Å². The van der Waals surface area contributed by atoms with Gasteiger partial charge in [-0.2, -0.15) is 0 Å². The number of hydrogen-bond acceptors (Lipinski definition) is 1. The third-order valence-electron chi connectivity index (χ3n) is 0.343. The predicted octanol–water partition coefficient (Wildman–Crippen LogP) is 1.95. The molecule has 0 spiro atoms. The van der Waals surface area contributed by atoms with Crippen LogP contribution in [-0.4, -0.2) is 12.5 Å². The quantitative estimate of drug-likeness (QED) is 0.331. The van der Waals surface area contributed by atoms with E-state index in [-0.39, 0.29) is 0 Å². The molecule has 0 N–H and O–H groups in total. The molecule has 0 amide bonds. The molecule has 0 aliphatic rings. The van der Waals surface area contributed by atoms with Crippen molar-refractivity contribution in [2.24, 2.45) is 0 Å². The summed E-state index contributed by atoms with van der Waals surface area (Å²) in [7, 11) is 0. The lowest BCUT2D eigenvalue weighted by Gasteiger charge is -1.90. The van der Waals surface area contributed by atoms with E-state index >= 15 is 0 Å². The van der Waals surface area contributed by atoms with Crippen LogP contribution in [0.25, 0.3) is 0 Å². The summed E-state index contributed by atoms with van der Waals surface area (Å²) < 4.78 is 4.69. The summed E-state index contributed by atoms with van der Waals surface area (Å²) in [6.07, 6.45) is 1.39.